The van der Waals surface area contributed by atoms with E-state index < -0.39 is 56.1 Å². The van der Waals surface area contributed by atoms with Gasteiger partial charge in [-0.3, -0.25) is 4.79 Å². The average Bonchev–Trinajstić information content (AvgIpc) is 3.72. The molecule has 1 aliphatic carbocycles. The summed E-state index contributed by atoms with van der Waals surface area (Å²) in [5, 5.41) is 0.808. The number of sulfone groups is 1. The van der Waals surface area contributed by atoms with E-state index in [0.717, 1.165) is 24.2 Å². The zero-order chi connectivity index (χ0) is 33.6. The lowest BCUT2D eigenvalue weighted by molar-refractivity contribution is -0.202. The molecule has 0 bridgehead atoms. The number of carbonyl (C=O) groups excluding carboxylic acids is 2. The van der Waals surface area contributed by atoms with Crippen LogP contribution in [-0.4, -0.2) is 58.9 Å². The summed E-state index contributed by atoms with van der Waals surface area (Å²) in [6.45, 7) is 8.48. The predicted octanol–water partition coefficient (Wildman–Crippen LogP) is 7.40. The molecule has 1 aromatic heterocycles. The molecule has 248 valence electrons. The Labute approximate surface area is 283 Å². The zero-order valence-electron chi connectivity index (χ0n) is 26.3. The van der Waals surface area contributed by atoms with Crippen LogP contribution < -0.4 is 0 Å². The molecule has 8 nitrogen and oxygen atoms in total. The van der Waals surface area contributed by atoms with Gasteiger partial charge in [-0.15, -0.1) is 11.3 Å². The molecule has 0 spiro atoms. The fourth-order valence-corrected chi connectivity index (χ4v) is 8.41. The third kappa shape index (κ3) is 7.13. The molecule has 1 amide bonds. The highest BCUT2D eigenvalue weighted by Gasteiger charge is 2.56. The van der Waals surface area contributed by atoms with Crippen molar-refractivity contribution in [2.45, 2.75) is 82.4 Å². The first-order valence-corrected chi connectivity index (χ1v) is 18.3. The second-order valence-electron chi connectivity index (χ2n) is 13.0. The first kappa shape index (κ1) is 34.8. The summed E-state index contributed by atoms with van der Waals surface area (Å²) in [7, 11) is -3.70. The summed E-state index contributed by atoms with van der Waals surface area (Å²) in [5.74, 6) is -2.01. The normalized spacial score (nSPS) is 23.0. The maximum atomic E-state index is 15.1. The molecular weight excluding hydrogens is 674 g/mol. The first-order chi connectivity index (χ1) is 21.5. The van der Waals surface area contributed by atoms with Crippen molar-refractivity contribution in [3.8, 4) is 0 Å². The van der Waals surface area contributed by atoms with Crippen molar-refractivity contribution in [3.63, 3.8) is 0 Å². The molecule has 2 fully saturated rings. The molecule has 5 rings (SSSR count). The van der Waals surface area contributed by atoms with Gasteiger partial charge in [0.1, 0.15) is 16.8 Å². The number of ether oxygens (including phenoxy) is 2. The molecular formula is C33H37Cl2FN2O6S2. The number of rotatable bonds is 10. The van der Waals surface area contributed by atoms with Crippen molar-refractivity contribution >= 4 is 56.3 Å². The van der Waals surface area contributed by atoms with Crippen molar-refractivity contribution in [2.24, 2.45) is 5.92 Å². The minimum atomic E-state index is -3.70. The number of nitrogens with zero attached hydrogens (tertiary/aromatic N) is 2. The molecule has 2 heterocycles. The highest BCUT2D eigenvalue weighted by Crippen LogP contribution is 2.51. The van der Waals surface area contributed by atoms with E-state index in [1.807, 2.05) is 6.07 Å². The lowest BCUT2D eigenvalue weighted by Gasteiger charge is -2.52. The molecule has 13 heteroatoms. The zero-order valence-corrected chi connectivity index (χ0v) is 29.4. The van der Waals surface area contributed by atoms with Crippen molar-refractivity contribution < 1.29 is 31.9 Å². The molecule has 1 saturated heterocycles. The third-order valence-corrected chi connectivity index (χ3v) is 12.7. The predicted molar refractivity (Wildman–Crippen MR) is 177 cm³/mol. The quantitative estimate of drug-likeness (QED) is 0.202. The Morgan fingerprint density at radius 3 is 2.52 bits per heavy atom. The van der Waals surface area contributed by atoms with E-state index in [9.17, 15) is 18.0 Å². The molecule has 0 N–H and O–H groups in total. The van der Waals surface area contributed by atoms with E-state index in [1.54, 1.807) is 63.8 Å². The Bertz CT molecular complexity index is 1740. The van der Waals surface area contributed by atoms with Gasteiger partial charge < -0.3 is 14.4 Å². The Morgan fingerprint density at radius 2 is 1.91 bits per heavy atom. The van der Waals surface area contributed by atoms with Gasteiger partial charge in [0.25, 0.3) is 5.91 Å². The summed E-state index contributed by atoms with van der Waals surface area (Å²) in [6, 6.07) is 9.68. The number of benzene rings is 2. The number of amides is 1. The van der Waals surface area contributed by atoms with Gasteiger partial charge in [0.05, 0.1) is 39.4 Å². The smallest absolute Gasteiger partial charge is 0.349 e. The standard InChI is InChI=1S/C33H37Cl2FN2O6S2/c1-6-43-30(39)26-17-37-27(45-26)16-33(5)31(40)38(25(19-10-11-19)18-46(41,42)32(2,3)4)28(20-12-13-23(35)24(36)15-20)29(44-33)21-8-7-9-22(34)14-21/h7-9,12-15,17,19,25,28-29H,6,10-11,16,18H2,1-5H3/t25?,28-,29-,33+/m1/s1. The number of thiazole rings is 1. The molecule has 0 radical (unpaired) electrons. The number of hydrogen-bond acceptors (Lipinski definition) is 8. The van der Waals surface area contributed by atoms with Gasteiger partial charge in [0, 0.05) is 17.5 Å². The van der Waals surface area contributed by atoms with E-state index in [0.29, 0.717) is 21.2 Å². The number of morpholine rings is 1. The largest absolute Gasteiger partial charge is 0.462 e. The van der Waals surface area contributed by atoms with Crippen molar-refractivity contribution in [2.75, 3.05) is 12.4 Å². The van der Waals surface area contributed by atoms with Crippen LogP contribution in [0.25, 0.3) is 0 Å². The highest BCUT2D eigenvalue weighted by atomic mass is 35.5. The van der Waals surface area contributed by atoms with Crippen LogP contribution >= 0.6 is 34.5 Å². The van der Waals surface area contributed by atoms with Crippen molar-refractivity contribution in [1.29, 1.82) is 0 Å². The second-order valence-corrected chi connectivity index (χ2v) is 17.7. The molecule has 46 heavy (non-hydrogen) atoms. The second kappa shape index (κ2) is 13.1. The number of halogens is 3. The van der Waals surface area contributed by atoms with Gasteiger partial charge >= 0.3 is 5.97 Å². The summed E-state index contributed by atoms with van der Waals surface area (Å²) >= 11 is 13.6. The maximum Gasteiger partial charge on any atom is 0.349 e. The monoisotopic (exact) mass is 710 g/mol. The molecule has 1 saturated carbocycles. The topological polar surface area (TPSA) is 103 Å². The van der Waals surface area contributed by atoms with Crippen LogP contribution in [0.4, 0.5) is 4.39 Å². The number of aromatic nitrogens is 1. The Balaban J connectivity index is 1.68. The summed E-state index contributed by atoms with van der Waals surface area (Å²) in [4.78, 5) is 33.6. The fraction of sp³-hybridized carbons (Fsp3) is 0.485. The maximum absolute atomic E-state index is 15.1. The van der Waals surface area contributed by atoms with E-state index in [-0.39, 0.29) is 34.6 Å². The Hall–Kier alpha value is -2.57. The highest BCUT2D eigenvalue weighted by molar-refractivity contribution is 7.92. The average molecular weight is 712 g/mol. The van der Waals surface area contributed by atoms with Gasteiger partial charge in [-0.05, 0) is 88.8 Å². The van der Waals surface area contributed by atoms with Crippen LogP contribution in [0, 0.1) is 11.7 Å². The Kier molecular flexibility index (Phi) is 9.93. The summed E-state index contributed by atoms with van der Waals surface area (Å²) < 4.78 is 53.4. The van der Waals surface area contributed by atoms with E-state index in [1.165, 1.54) is 18.3 Å². The van der Waals surface area contributed by atoms with Gasteiger partial charge in [0.2, 0.25) is 0 Å². The lowest BCUT2D eigenvalue weighted by Crippen LogP contribution is -2.62. The van der Waals surface area contributed by atoms with Gasteiger partial charge in [-0.1, -0.05) is 41.4 Å². The first-order valence-electron chi connectivity index (χ1n) is 15.1. The summed E-state index contributed by atoms with van der Waals surface area (Å²) in [5.41, 5.74) is -0.521. The summed E-state index contributed by atoms with van der Waals surface area (Å²) in [6.07, 6.45) is 2.00. The lowest BCUT2D eigenvalue weighted by atomic mass is 9.85. The number of carbonyl (C=O) groups is 2. The number of esters is 1. The minimum absolute atomic E-state index is 0.00538. The van der Waals surface area contributed by atoms with Crippen LogP contribution in [-0.2, 0) is 30.5 Å². The fourth-order valence-electron chi connectivity index (χ4n) is 5.76. The molecule has 2 aromatic carbocycles. The Morgan fingerprint density at radius 1 is 1.20 bits per heavy atom. The van der Waals surface area contributed by atoms with Gasteiger partial charge in [0.15, 0.2) is 15.4 Å². The van der Waals surface area contributed by atoms with Crippen molar-refractivity contribution in [3.05, 3.63) is 85.5 Å². The van der Waals surface area contributed by atoms with Crippen LogP contribution in [0.1, 0.15) is 85.4 Å². The molecule has 3 aromatic rings. The van der Waals surface area contributed by atoms with Crippen molar-refractivity contribution in [1.82, 2.24) is 9.88 Å². The molecule has 1 aliphatic heterocycles. The van der Waals surface area contributed by atoms with Crippen LogP contribution in [0.2, 0.25) is 10.0 Å². The van der Waals surface area contributed by atoms with Gasteiger partial charge in [-0.25, -0.2) is 22.6 Å². The molecule has 4 atom stereocenters. The minimum Gasteiger partial charge on any atom is -0.462 e. The third-order valence-electron chi connectivity index (χ3n) is 8.49. The van der Waals surface area contributed by atoms with E-state index >= 15 is 4.39 Å². The van der Waals surface area contributed by atoms with Crippen LogP contribution in [0.15, 0.2) is 48.7 Å². The van der Waals surface area contributed by atoms with Crippen LogP contribution in [0.5, 0.6) is 0 Å². The molecule has 2 aliphatic rings. The van der Waals surface area contributed by atoms with E-state index in [2.05, 4.69) is 4.98 Å². The van der Waals surface area contributed by atoms with Crippen LogP contribution in [0.3, 0.4) is 0 Å². The van der Waals surface area contributed by atoms with E-state index in [4.69, 9.17) is 32.7 Å². The van der Waals surface area contributed by atoms with Gasteiger partial charge in [-0.2, -0.15) is 0 Å². The molecule has 1 unspecified atom stereocenters. The SMILES string of the molecule is CCOC(=O)c1cnc(C[C@]2(C)O[C@H](c3cccc(Cl)c3)[C@@H](c3ccc(Cl)c(F)c3)N(C(CS(=O)(=O)C(C)(C)C)C3CC3)C2=O)s1. The number of hydrogen-bond donors (Lipinski definition) is 0.